The van der Waals surface area contributed by atoms with E-state index in [-0.39, 0.29) is 11.4 Å². The Labute approximate surface area is 106 Å². The Morgan fingerprint density at radius 2 is 2.11 bits per heavy atom. The summed E-state index contributed by atoms with van der Waals surface area (Å²) in [6.45, 7) is 5.03. The first-order valence-electron chi connectivity index (χ1n) is 5.95. The van der Waals surface area contributed by atoms with Gasteiger partial charge in [0.15, 0.2) is 0 Å². The van der Waals surface area contributed by atoms with Crippen LogP contribution in [0.5, 0.6) is 0 Å². The summed E-state index contributed by atoms with van der Waals surface area (Å²) in [5, 5.41) is 3.24. The van der Waals surface area contributed by atoms with Crippen molar-refractivity contribution >= 4 is 17.0 Å². The van der Waals surface area contributed by atoms with Gasteiger partial charge < -0.3 is 15.2 Å². The van der Waals surface area contributed by atoms with Gasteiger partial charge in [0, 0.05) is 12.1 Å². The molecule has 4 nitrogen and oxygen atoms in total. The van der Waals surface area contributed by atoms with Gasteiger partial charge in [-0.2, -0.15) is 0 Å². The van der Waals surface area contributed by atoms with Gasteiger partial charge in [0.05, 0.1) is 11.0 Å². The van der Waals surface area contributed by atoms with Gasteiger partial charge in [0.25, 0.3) is 0 Å². The molecule has 1 heterocycles. The molecule has 0 unspecified atom stereocenters. The Bertz CT molecular complexity index is 545. The quantitative estimate of drug-likeness (QED) is 0.876. The number of rotatable bonds is 4. The van der Waals surface area contributed by atoms with Gasteiger partial charge in [-0.05, 0) is 46.1 Å². The highest BCUT2D eigenvalue weighted by molar-refractivity contribution is 5.77. The number of H-pyrrole nitrogens is 1. The van der Waals surface area contributed by atoms with E-state index in [4.69, 9.17) is 0 Å². The smallest absolute Gasteiger partial charge is 0.201 e. The monoisotopic (exact) mass is 250 g/mol. The summed E-state index contributed by atoms with van der Waals surface area (Å²) in [6, 6.07) is 4.53. The fourth-order valence-corrected chi connectivity index (χ4v) is 1.52. The molecule has 0 spiro atoms. The molecule has 0 aliphatic carbocycles. The molecule has 0 atom stereocenters. The zero-order chi connectivity index (χ0) is 13.3. The number of hydrogen-bond donors (Lipinski definition) is 2. The van der Waals surface area contributed by atoms with Crippen LogP contribution in [0.3, 0.4) is 0 Å². The summed E-state index contributed by atoms with van der Waals surface area (Å²) >= 11 is 0. The molecule has 2 aromatic rings. The van der Waals surface area contributed by atoms with Crippen molar-refractivity contribution < 1.29 is 4.39 Å². The molecule has 0 amide bonds. The van der Waals surface area contributed by atoms with Crippen molar-refractivity contribution in [1.29, 1.82) is 0 Å². The van der Waals surface area contributed by atoms with Crippen LogP contribution in [0.25, 0.3) is 11.0 Å². The first-order chi connectivity index (χ1) is 8.38. The summed E-state index contributed by atoms with van der Waals surface area (Å²) in [6.07, 6.45) is 0. The number of nitrogens with one attached hydrogen (secondary N) is 2. The van der Waals surface area contributed by atoms with Gasteiger partial charge in [-0.15, -0.1) is 0 Å². The van der Waals surface area contributed by atoms with E-state index in [0.717, 1.165) is 12.1 Å². The predicted octanol–water partition coefficient (Wildman–Crippen LogP) is 2.45. The number of anilines is 1. The molecule has 2 N–H and O–H groups in total. The molecule has 0 radical (unpaired) electrons. The second-order valence-corrected chi connectivity index (χ2v) is 5.31. The third-order valence-electron chi connectivity index (χ3n) is 3.34. The summed E-state index contributed by atoms with van der Waals surface area (Å²) in [5.74, 6) is 0.414. The molecule has 0 aliphatic rings. The Morgan fingerprint density at radius 1 is 1.39 bits per heavy atom. The van der Waals surface area contributed by atoms with Crippen molar-refractivity contribution in [3.8, 4) is 0 Å². The molecule has 0 bridgehead atoms. The molecule has 18 heavy (non-hydrogen) atoms. The highest BCUT2D eigenvalue weighted by Gasteiger charge is 2.20. The minimum absolute atomic E-state index is 0.0181. The van der Waals surface area contributed by atoms with Crippen LogP contribution in [0, 0.1) is 5.82 Å². The standard InChI is InChI=1S/C13H19FN4/c1-13(2,18(3)4)8-15-12-16-10-6-5-9(14)7-11(10)17-12/h5-7H,8H2,1-4H3,(H2,15,16,17). The van der Waals surface area contributed by atoms with Crippen LogP contribution in [-0.4, -0.2) is 41.0 Å². The Morgan fingerprint density at radius 3 is 2.78 bits per heavy atom. The number of imidazole rings is 1. The molecule has 1 aromatic heterocycles. The minimum atomic E-state index is -0.258. The fraction of sp³-hybridized carbons (Fsp3) is 0.462. The maximum Gasteiger partial charge on any atom is 0.201 e. The molecule has 98 valence electrons. The van der Waals surface area contributed by atoms with Gasteiger partial charge in [-0.25, -0.2) is 9.37 Å². The maximum absolute atomic E-state index is 13.1. The predicted molar refractivity (Wildman–Crippen MR) is 72.3 cm³/mol. The highest BCUT2D eigenvalue weighted by atomic mass is 19.1. The van der Waals surface area contributed by atoms with E-state index in [1.54, 1.807) is 6.07 Å². The van der Waals surface area contributed by atoms with Crippen molar-refractivity contribution in [3.63, 3.8) is 0 Å². The molecular formula is C13H19FN4. The minimum Gasteiger partial charge on any atom is -0.354 e. The van der Waals surface area contributed by atoms with Crippen LogP contribution in [0.4, 0.5) is 10.3 Å². The van der Waals surface area contributed by atoms with E-state index in [1.807, 2.05) is 14.1 Å². The van der Waals surface area contributed by atoms with Gasteiger partial charge in [-0.1, -0.05) is 0 Å². The lowest BCUT2D eigenvalue weighted by Gasteiger charge is -2.32. The van der Waals surface area contributed by atoms with E-state index < -0.39 is 0 Å². The van der Waals surface area contributed by atoms with Gasteiger partial charge in [0.1, 0.15) is 5.82 Å². The van der Waals surface area contributed by atoms with E-state index >= 15 is 0 Å². The number of fused-ring (bicyclic) bond motifs is 1. The Kier molecular flexibility index (Phi) is 3.26. The third kappa shape index (κ3) is 2.61. The number of benzene rings is 1. The van der Waals surface area contributed by atoms with Crippen molar-refractivity contribution in [1.82, 2.24) is 14.9 Å². The summed E-state index contributed by atoms with van der Waals surface area (Å²) in [4.78, 5) is 9.57. The van der Waals surface area contributed by atoms with Crippen LogP contribution in [-0.2, 0) is 0 Å². The average molecular weight is 250 g/mol. The Balaban J connectivity index is 2.13. The van der Waals surface area contributed by atoms with Crippen LogP contribution >= 0.6 is 0 Å². The summed E-state index contributed by atoms with van der Waals surface area (Å²) < 4.78 is 13.1. The second kappa shape index (κ2) is 4.57. The normalized spacial score (nSPS) is 12.3. The van der Waals surface area contributed by atoms with Crippen molar-refractivity contribution in [2.24, 2.45) is 0 Å². The number of hydrogen-bond acceptors (Lipinski definition) is 3. The molecule has 0 fully saturated rings. The summed E-state index contributed by atoms with van der Waals surface area (Å²) in [7, 11) is 4.07. The van der Waals surface area contributed by atoms with E-state index in [0.29, 0.717) is 11.5 Å². The van der Waals surface area contributed by atoms with Crippen LogP contribution in [0.1, 0.15) is 13.8 Å². The van der Waals surface area contributed by atoms with Crippen molar-refractivity contribution in [2.75, 3.05) is 26.0 Å². The van der Waals surface area contributed by atoms with Gasteiger partial charge in [0.2, 0.25) is 5.95 Å². The Hall–Kier alpha value is -1.62. The number of nitrogens with zero attached hydrogens (tertiary/aromatic N) is 2. The third-order valence-corrected chi connectivity index (χ3v) is 3.34. The lowest BCUT2D eigenvalue weighted by atomic mass is 10.1. The van der Waals surface area contributed by atoms with Crippen LogP contribution in [0.2, 0.25) is 0 Å². The van der Waals surface area contributed by atoms with Crippen LogP contribution < -0.4 is 5.32 Å². The first-order valence-corrected chi connectivity index (χ1v) is 5.95. The number of likely N-dealkylation sites (N-methyl/N-ethyl adjacent to an activating group) is 1. The average Bonchev–Trinajstić information content (AvgIpc) is 2.68. The van der Waals surface area contributed by atoms with E-state index in [2.05, 4.69) is 34.0 Å². The van der Waals surface area contributed by atoms with Crippen LogP contribution in [0.15, 0.2) is 18.2 Å². The van der Waals surface area contributed by atoms with Gasteiger partial charge in [-0.3, -0.25) is 0 Å². The number of halogens is 1. The lowest BCUT2D eigenvalue weighted by Crippen LogP contribution is -2.44. The molecule has 5 heteroatoms. The molecule has 2 rings (SSSR count). The lowest BCUT2D eigenvalue weighted by molar-refractivity contribution is 0.210. The molecule has 0 saturated carbocycles. The molecule has 1 aromatic carbocycles. The second-order valence-electron chi connectivity index (χ2n) is 5.31. The highest BCUT2D eigenvalue weighted by Crippen LogP contribution is 2.17. The fourth-order valence-electron chi connectivity index (χ4n) is 1.52. The molecular weight excluding hydrogens is 231 g/mol. The van der Waals surface area contributed by atoms with Crippen molar-refractivity contribution in [3.05, 3.63) is 24.0 Å². The van der Waals surface area contributed by atoms with E-state index in [1.165, 1.54) is 12.1 Å². The zero-order valence-electron chi connectivity index (χ0n) is 11.2. The SMILES string of the molecule is CN(C)C(C)(C)CNc1nc2ccc(F)cc2[nH]1. The topological polar surface area (TPSA) is 44.0 Å². The first kappa shape index (κ1) is 12.8. The van der Waals surface area contributed by atoms with Crippen molar-refractivity contribution in [2.45, 2.75) is 19.4 Å². The zero-order valence-corrected chi connectivity index (χ0v) is 11.2. The summed E-state index contributed by atoms with van der Waals surface area (Å²) in [5.41, 5.74) is 1.49. The number of aromatic nitrogens is 2. The maximum atomic E-state index is 13.1. The largest absolute Gasteiger partial charge is 0.354 e. The number of aromatic amines is 1. The van der Waals surface area contributed by atoms with Gasteiger partial charge >= 0.3 is 0 Å². The molecule has 0 aliphatic heterocycles. The molecule has 0 saturated heterocycles. The van der Waals surface area contributed by atoms with E-state index in [9.17, 15) is 4.39 Å².